The van der Waals surface area contributed by atoms with Gasteiger partial charge in [0.05, 0.1) is 4.92 Å². The van der Waals surface area contributed by atoms with Crippen molar-refractivity contribution in [3.8, 4) is 0 Å². The molecule has 2 N–H and O–H groups in total. The van der Waals surface area contributed by atoms with Crippen molar-refractivity contribution < 1.29 is 14.5 Å². The number of aryl methyl sites for hydroxylation is 1. The maximum atomic E-state index is 12.4. The summed E-state index contributed by atoms with van der Waals surface area (Å²) in [6.07, 6.45) is 0. The number of nitrogens with zero attached hydrogens (tertiary/aromatic N) is 3. The van der Waals surface area contributed by atoms with Crippen LogP contribution < -0.4 is 15.5 Å². The van der Waals surface area contributed by atoms with Gasteiger partial charge in [-0.2, -0.15) is 0 Å². The van der Waals surface area contributed by atoms with Crippen LogP contribution >= 0.6 is 12.2 Å². The molecule has 1 fully saturated rings. The van der Waals surface area contributed by atoms with Gasteiger partial charge in [-0.1, -0.05) is 19.9 Å². The van der Waals surface area contributed by atoms with Crippen LogP contribution in [-0.4, -0.2) is 52.9 Å². The third-order valence-corrected chi connectivity index (χ3v) is 5.67. The summed E-state index contributed by atoms with van der Waals surface area (Å²) in [6.45, 7) is 8.37. The van der Waals surface area contributed by atoms with Crippen LogP contribution in [0.5, 0.6) is 0 Å². The molecule has 0 atom stereocenters. The largest absolute Gasteiger partial charge is 0.368 e. The quantitative estimate of drug-likeness (QED) is 0.393. The molecule has 0 aliphatic carbocycles. The molecule has 0 unspecified atom stereocenters. The summed E-state index contributed by atoms with van der Waals surface area (Å²) in [4.78, 5) is 39.2. The number of benzene rings is 2. The number of hydrogen-bond acceptors (Lipinski definition) is 6. The number of nitrogens with one attached hydrogen (secondary N) is 2. The molecule has 174 valence electrons. The van der Waals surface area contributed by atoms with Crippen molar-refractivity contribution in [1.82, 2.24) is 10.2 Å². The zero-order chi connectivity index (χ0) is 24.1. The van der Waals surface area contributed by atoms with Crippen LogP contribution in [0.25, 0.3) is 0 Å². The Hall–Kier alpha value is -3.53. The first kappa shape index (κ1) is 24.1. The van der Waals surface area contributed by atoms with E-state index in [0.29, 0.717) is 24.3 Å². The average Bonchev–Trinajstić information content (AvgIpc) is 2.79. The molecule has 0 spiro atoms. The smallest absolute Gasteiger partial charge is 0.273 e. The number of carbonyl (C=O) groups excluding carboxylic acids is 2. The van der Waals surface area contributed by atoms with Crippen LogP contribution in [0.4, 0.5) is 17.1 Å². The summed E-state index contributed by atoms with van der Waals surface area (Å²) < 4.78 is 0. The predicted octanol–water partition coefficient (Wildman–Crippen LogP) is 3.33. The zero-order valence-electron chi connectivity index (χ0n) is 18.8. The van der Waals surface area contributed by atoms with Gasteiger partial charge in [0.1, 0.15) is 0 Å². The third-order valence-electron chi connectivity index (χ3n) is 5.47. The second-order valence-corrected chi connectivity index (χ2v) is 8.59. The molecule has 1 heterocycles. The highest BCUT2D eigenvalue weighted by molar-refractivity contribution is 7.80. The maximum Gasteiger partial charge on any atom is 0.273 e. The Morgan fingerprint density at radius 3 is 2.27 bits per heavy atom. The van der Waals surface area contributed by atoms with Crippen LogP contribution in [0, 0.1) is 23.0 Å². The normalized spacial score (nSPS) is 13.6. The molecule has 2 aromatic rings. The van der Waals surface area contributed by atoms with Crippen LogP contribution in [0.2, 0.25) is 0 Å². The first-order chi connectivity index (χ1) is 15.7. The molecule has 3 rings (SSSR count). The van der Waals surface area contributed by atoms with E-state index in [1.165, 1.54) is 18.2 Å². The fourth-order valence-corrected chi connectivity index (χ4v) is 3.80. The van der Waals surface area contributed by atoms with Gasteiger partial charge in [-0.3, -0.25) is 25.0 Å². The minimum absolute atomic E-state index is 0.00682. The number of amides is 2. The number of piperazine rings is 1. The van der Waals surface area contributed by atoms with E-state index in [4.69, 9.17) is 12.2 Å². The summed E-state index contributed by atoms with van der Waals surface area (Å²) >= 11 is 5.21. The highest BCUT2D eigenvalue weighted by Gasteiger charge is 2.23. The van der Waals surface area contributed by atoms with Gasteiger partial charge in [0, 0.05) is 60.7 Å². The van der Waals surface area contributed by atoms with Gasteiger partial charge in [-0.15, -0.1) is 0 Å². The van der Waals surface area contributed by atoms with Crippen molar-refractivity contribution in [2.45, 2.75) is 20.8 Å². The van der Waals surface area contributed by atoms with Gasteiger partial charge in [-0.25, -0.2) is 0 Å². The van der Waals surface area contributed by atoms with Crippen molar-refractivity contribution in [2.75, 3.05) is 36.4 Å². The Balaban J connectivity index is 1.54. The number of nitro benzene ring substituents is 1. The lowest BCUT2D eigenvalue weighted by molar-refractivity contribution is -0.385. The highest BCUT2D eigenvalue weighted by Crippen LogP contribution is 2.21. The minimum atomic E-state index is -0.527. The van der Waals surface area contributed by atoms with E-state index in [1.54, 1.807) is 6.92 Å². The third kappa shape index (κ3) is 6.04. The topological polar surface area (TPSA) is 108 Å². The number of carbonyl (C=O) groups is 2. The maximum absolute atomic E-state index is 12.4. The minimum Gasteiger partial charge on any atom is -0.368 e. The highest BCUT2D eigenvalue weighted by atomic mass is 32.1. The number of thiocarbonyl (C=S) groups is 1. The van der Waals surface area contributed by atoms with Crippen molar-refractivity contribution in [3.05, 3.63) is 63.7 Å². The van der Waals surface area contributed by atoms with Crippen LogP contribution in [-0.2, 0) is 4.79 Å². The lowest BCUT2D eigenvalue weighted by Gasteiger charge is -2.37. The molecule has 1 saturated heterocycles. The number of nitro groups is 1. The van der Waals surface area contributed by atoms with Gasteiger partial charge in [0.25, 0.3) is 11.6 Å². The van der Waals surface area contributed by atoms with E-state index in [-0.39, 0.29) is 28.2 Å². The Bertz CT molecular complexity index is 1060. The molecular formula is C23H27N5O4S. The van der Waals surface area contributed by atoms with Crippen molar-refractivity contribution in [1.29, 1.82) is 0 Å². The van der Waals surface area contributed by atoms with Gasteiger partial charge >= 0.3 is 0 Å². The summed E-state index contributed by atoms with van der Waals surface area (Å²) in [5, 5.41) is 16.7. The predicted molar refractivity (Wildman–Crippen MR) is 132 cm³/mol. The van der Waals surface area contributed by atoms with E-state index in [2.05, 4.69) is 15.5 Å². The number of anilines is 2. The fraction of sp³-hybridized carbons (Fsp3) is 0.348. The molecule has 10 heteroatoms. The lowest BCUT2D eigenvalue weighted by Crippen LogP contribution is -2.49. The second-order valence-electron chi connectivity index (χ2n) is 8.18. The molecule has 9 nitrogen and oxygen atoms in total. The van der Waals surface area contributed by atoms with E-state index in [9.17, 15) is 19.7 Å². The fourth-order valence-electron chi connectivity index (χ4n) is 3.59. The first-order valence-corrected chi connectivity index (χ1v) is 11.1. The molecule has 0 saturated carbocycles. The Morgan fingerprint density at radius 1 is 1.06 bits per heavy atom. The summed E-state index contributed by atoms with van der Waals surface area (Å²) in [7, 11) is 0. The Kier molecular flexibility index (Phi) is 7.59. The molecule has 0 bridgehead atoms. The monoisotopic (exact) mass is 469 g/mol. The molecule has 1 aliphatic heterocycles. The van der Waals surface area contributed by atoms with Gasteiger partial charge in [0.2, 0.25) is 5.91 Å². The Labute approximate surface area is 197 Å². The molecule has 2 amide bonds. The Morgan fingerprint density at radius 2 is 1.70 bits per heavy atom. The summed E-state index contributed by atoms with van der Waals surface area (Å²) in [5.74, 6) is -0.335. The molecule has 1 aliphatic rings. The van der Waals surface area contributed by atoms with Crippen LogP contribution in [0.3, 0.4) is 0 Å². The van der Waals surface area contributed by atoms with Crippen molar-refractivity contribution in [3.63, 3.8) is 0 Å². The SMILES string of the molecule is Cc1ccc(C(=O)NC(=S)Nc2ccc(N3CCN(C(=O)C(C)C)CC3)cc2)cc1[N+](=O)[O-]. The lowest BCUT2D eigenvalue weighted by atomic mass is 10.1. The summed E-state index contributed by atoms with van der Waals surface area (Å²) in [6, 6.07) is 11.9. The zero-order valence-corrected chi connectivity index (χ0v) is 19.6. The van der Waals surface area contributed by atoms with E-state index < -0.39 is 10.8 Å². The van der Waals surface area contributed by atoms with Crippen LogP contribution in [0.1, 0.15) is 29.8 Å². The number of rotatable bonds is 5. The van der Waals surface area contributed by atoms with Gasteiger partial charge in [-0.05, 0) is 49.5 Å². The molecule has 0 aromatic heterocycles. The number of hydrogen-bond donors (Lipinski definition) is 2. The van der Waals surface area contributed by atoms with Crippen molar-refractivity contribution >= 4 is 46.2 Å². The van der Waals surface area contributed by atoms with E-state index in [0.717, 1.165) is 18.8 Å². The van der Waals surface area contributed by atoms with Gasteiger partial charge < -0.3 is 15.1 Å². The first-order valence-electron chi connectivity index (χ1n) is 10.7. The van der Waals surface area contributed by atoms with E-state index >= 15 is 0 Å². The van der Waals surface area contributed by atoms with E-state index in [1.807, 2.05) is 43.0 Å². The van der Waals surface area contributed by atoms with Crippen LogP contribution in [0.15, 0.2) is 42.5 Å². The second kappa shape index (κ2) is 10.4. The average molecular weight is 470 g/mol. The molecule has 33 heavy (non-hydrogen) atoms. The standard InChI is InChI=1S/C23H27N5O4S/c1-15(2)22(30)27-12-10-26(11-13-27)19-8-6-18(7-9-19)24-23(33)25-21(29)17-5-4-16(3)20(14-17)28(31)32/h4-9,14-15H,10-13H2,1-3H3,(H2,24,25,29,33). The van der Waals surface area contributed by atoms with Gasteiger partial charge in [0.15, 0.2) is 5.11 Å². The molecular weight excluding hydrogens is 442 g/mol. The van der Waals surface area contributed by atoms with Crippen molar-refractivity contribution in [2.24, 2.45) is 5.92 Å². The molecule has 0 radical (unpaired) electrons. The summed E-state index contributed by atoms with van der Waals surface area (Å²) in [5.41, 5.74) is 2.25. The molecule has 2 aromatic carbocycles.